The number of ether oxygens (including phenoxy) is 2. The molecule has 0 amide bonds. The number of halogens is 3. The summed E-state index contributed by atoms with van der Waals surface area (Å²) in [6, 6.07) is 1.45. The number of nitrogen functional groups attached to an aromatic ring is 1. The van der Waals surface area contributed by atoms with Crippen molar-refractivity contribution in [2.24, 2.45) is 0 Å². The SMILES string of the molecule is COC(=O)c1c(C#N)ncc(N)c1OC(F)(F)F. The number of rotatable bonds is 2. The molecule has 0 bridgehead atoms. The maximum atomic E-state index is 12.2. The fourth-order valence-electron chi connectivity index (χ4n) is 1.11. The van der Waals surface area contributed by atoms with Gasteiger partial charge in [-0.25, -0.2) is 9.78 Å². The fraction of sp³-hybridized carbons (Fsp3) is 0.222. The van der Waals surface area contributed by atoms with Crippen LogP contribution in [0, 0.1) is 11.3 Å². The summed E-state index contributed by atoms with van der Waals surface area (Å²) in [6.07, 6.45) is -4.28. The molecular weight excluding hydrogens is 255 g/mol. The lowest BCUT2D eigenvalue weighted by atomic mass is 10.1. The molecule has 0 saturated heterocycles. The van der Waals surface area contributed by atoms with Gasteiger partial charge in [-0.05, 0) is 0 Å². The number of nitrogens with zero attached hydrogens (tertiary/aromatic N) is 2. The van der Waals surface area contributed by atoms with E-state index in [1.165, 1.54) is 6.07 Å². The van der Waals surface area contributed by atoms with E-state index in [-0.39, 0.29) is 0 Å². The monoisotopic (exact) mass is 261 g/mol. The van der Waals surface area contributed by atoms with Gasteiger partial charge in [-0.3, -0.25) is 0 Å². The van der Waals surface area contributed by atoms with E-state index in [2.05, 4.69) is 14.5 Å². The van der Waals surface area contributed by atoms with Gasteiger partial charge in [0.2, 0.25) is 0 Å². The van der Waals surface area contributed by atoms with Gasteiger partial charge in [0.1, 0.15) is 11.6 Å². The Kier molecular flexibility index (Phi) is 3.61. The number of nitriles is 1. The van der Waals surface area contributed by atoms with Crippen molar-refractivity contribution in [2.75, 3.05) is 12.8 Å². The lowest BCUT2D eigenvalue weighted by Crippen LogP contribution is -2.21. The second-order valence-corrected chi connectivity index (χ2v) is 2.92. The number of aromatic nitrogens is 1. The van der Waals surface area contributed by atoms with E-state index in [4.69, 9.17) is 11.0 Å². The maximum Gasteiger partial charge on any atom is 0.573 e. The van der Waals surface area contributed by atoms with E-state index in [1.54, 1.807) is 0 Å². The van der Waals surface area contributed by atoms with Crippen LogP contribution < -0.4 is 10.5 Å². The second-order valence-electron chi connectivity index (χ2n) is 2.92. The summed E-state index contributed by atoms with van der Waals surface area (Å²) < 4.78 is 44.4. The van der Waals surface area contributed by atoms with Crippen molar-refractivity contribution in [3.63, 3.8) is 0 Å². The van der Waals surface area contributed by atoms with Crippen molar-refractivity contribution in [3.05, 3.63) is 17.5 Å². The molecule has 0 fully saturated rings. The van der Waals surface area contributed by atoms with E-state index >= 15 is 0 Å². The molecule has 0 aromatic carbocycles. The fourth-order valence-corrected chi connectivity index (χ4v) is 1.11. The molecule has 0 atom stereocenters. The molecule has 0 saturated carbocycles. The van der Waals surface area contributed by atoms with Crippen molar-refractivity contribution in [1.82, 2.24) is 4.98 Å². The predicted molar refractivity (Wildman–Crippen MR) is 51.4 cm³/mol. The number of pyridine rings is 1. The van der Waals surface area contributed by atoms with Crippen molar-refractivity contribution in [1.29, 1.82) is 5.26 Å². The van der Waals surface area contributed by atoms with Crippen molar-refractivity contribution in [2.45, 2.75) is 6.36 Å². The first-order valence-electron chi connectivity index (χ1n) is 4.32. The van der Waals surface area contributed by atoms with Crippen LogP contribution in [-0.4, -0.2) is 24.4 Å². The number of nitrogens with two attached hydrogens (primary N) is 1. The second kappa shape index (κ2) is 4.79. The molecule has 2 N–H and O–H groups in total. The van der Waals surface area contributed by atoms with Gasteiger partial charge in [0.15, 0.2) is 11.4 Å². The van der Waals surface area contributed by atoms with E-state index < -0.39 is 35.0 Å². The van der Waals surface area contributed by atoms with E-state index in [0.29, 0.717) is 0 Å². The van der Waals surface area contributed by atoms with Crippen molar-refractivity contribution in [3.8, 4) is 11.8 Å². The highest BCUT2D eigenvalue weighted by molar-refractivity contribution is 5.96. The Morgan fingerprint density at radius 3 is 2.61 bits per heavy atom. The minimum atomic E-state index is -5.06. The highest BCUT2D eigenvalue weighted by Gasteiger charge is 2.35. The van der Waals surface area contributed by atoms with E-state index in [9.17, 15) is 18.0 Å². The number of anilines is 1. The maximum absolute atomic E-state index is 12.2. The van der Waals surface area contributed by atoms with Gasteiger partial charge in [-0.2, -0.15) is 5.26 Å². The third kappa shape index (κ3) is 2.79. The first-order chi connectivity index (χ1) is 8.30. The van der Waals surface area contributed by atoms with Gasteiger partial charge in [-0.1, -0.05) is 0 Å². The van der Waals surface area contributed by atoms with Crippen molar-refractivity contribution >= 4 is 11.7 Å². The Morgan fingerprint density at radius 2 is 2.17 bits per heavy atom. The molecular formula is C9H6F3N3O3. The quantitative estimate of drug-likeness (QED) is 0.803. The smallest absolute Gasteiger partial charge is 0.465 e. The summed E-state index contributed by atoms with van der Waals surface area (Å²) in [4.78, 5) is 14.8. The molecule has 0 aliphatic rings. The molecule has 6 nitrogen and oxygen atoms in total. The molecule has 18 heavy (non-hydrogen) atoms. The molecule has 0 aliphatic heterocycles. The highest BCUT2D eigenvalue weighted by Crippen LogP contribution is 2.33. The van der Waals surface area contributed by atoms with Gasteiger partial charge in [-0.15, -0.1) is 13.2 Å². The Hall–Kier alpha value is -2.50. The lowest BCUT2D eigenvalue weighted by molar-refractivity contribution is -0.274. The van der Waals surface area contributed by atoms with Gasteiger partial charge in [0.25, 0.3) is 0 Å². The van der Waals surface area contributed by atoms with Crippen LogP contribution in [0.15, 0.2) is 6.20 Å². The topological polar surface area (TPSA) is 98.2 Å². The number of esters is 1. The van der Waals surface area contributed by atoms with Crippen LogP contribution >= 0.6 is 0 Å². The molecule has 0 radical (unpaired) electrons. The average Bonchev–Trinajstić information content (AvgIpc) is 2.29. The summed E-state index contributed by atoms with van der Waals surface area (Å²) in [5.41, 5.74) is 3.36. The predicted octanol–water partition coefficient (Wildman–Crippen LogP) is 1.22. The molecule has 1 heterocycles. The van der Waals surface area contributed by atoms with Gasteiger partial charge < -0.3 is 15.2 Å². The Labute approximate surface area is 98.7 Å². The molecule has 1 aromatic heterocycles. The first kappa shape index (κ1) is 13.6. The molecule has 1 rings (SSSR count). The first-order valence-corrected chi connectivity index (χ1v) is 4.32. The van der Waals surface area contributed by atoms with Gasteiger partial charge in [0.05, 0.1) is 19.0 Å². The molecule has 9 heteroatoms. The summed E-state index contributed by atoms with van der Waals surface area (Å²) in [5.74, 6) is -2.20. The largest absolute Gasteiger partial charge is 0.573 e. The molecule has 0 unspecified atom stereocenters. The van der Waals surface area contributed by atoms with Crippen LogP contribution in [0.5, 0.6) is 5.75 Å². The zero-order chi connectivity index (χ0) is 13.9. The zero-order valence-corrected chi connectivity index (χ0v) is 8.91. The molecule has 0 spiro atoms. The van der Waals surface area contributed by atoms with Crippen LogP contribution in [0.25, 0.3) is 0 Å². The van der Waals surface area contributed by atoms with E-state index in [0.717, 1.165) is 13.3 Å². The molecule has 96 valence electrons. The van der Waals surface area contributed by atoms with Crippen LogP contribution in [0.2, 0.25) is 0 Å². The third-order valence-corrected chi connectivity index (χ3v) is 1.77. The Bertz CT molecular complexity index is 522. The third-order valence-electron chi connectivity index (χ3n) is 1.77. The summed E-state index contributed by atoms with van der Waals surface area (Å²) >= 11 is 0. The average molecular weight is 261 g/mol. The Balaban J connectivity index is 3.47. The summed E-state index contributed by atoms with van der Waals surface area (Å²) in [7, 11) is 0.935. The van der Waals surface area contributed by atoms with Crippen LogP contribution in [-0.2, 0) is 4.74 Å². The number of alkyl halides is 3. The van der Waals surface area contributed by atoms with Gasteiger partial charge in [0, 0.05) is 0 Å². The lowest BCUT2D eigenvalue weighted by Gasteiger charge is -2.14. The Morgan fingerprint density at radius 1 is 1.56 bits per heavy atom. The molecule has 1 aromatic rings. The minimum absolute atomic E-state index is 0.535. The van der Waals surface area contributed by atoms with Crippen molar-refractivity contribution < 1.29 is 27.4 Å². The highest BCUT2D eigenvalue weighted by atomic mass is 19.4. The summed E-state index contributed by atoms with van der Waals surface area (Å²) in [6.45, 7) is 0. The zero-order valence-electron chi connectivity index (χ0n) is 8.91. The number of hydrogen-bond donors (Lipinski definition) is 1. The molecule has 0 aliphatic carbocycles. The number of carbonyl (C=O) groups is 1. The normalized spacial score (nSPS) is 10.6. The minimum Gasteiger partial charge on any atom is -0.465 e. The number of carbonyl (C=O) groups excluding carboxylic acids is 1. The van der Waals surface area contributed by atoms with Gasteiger partial charge >= 0.3 is 12.3 Å². The van der Waals surface area contributed by atoms with E-state index in [1.807, 2.05) is 0 Å². The summed E-state index contributed by atoms with van der Waals surface area (Å²) in [5, 5.41) is 8.68. The number of hydrogen-bond acceptors (Lipinski definition) is 6. The van der Waals surface area contributed by atoms with Crippen LogP contribution in [0.4, 0.5) is 18.9 Å². The van der Waals surface area contributed by atoms with Crippen LogP contribution in [0.3, 0.4) is 0 Å². The standard InChI is InChI=1S/C9H6F3N3O3/c1-17-8(16)6-5(2-13)15-3-4(14)7(6)18-9(10,11)12/h3H,14H2,1H3. The van der Waals surface area contributed by atoms with Crippen LogP contribution in [0.1, 0.15) is 16.1 Å². The number of methoxy groups -OCH3 is 1.